The highest BCUT2D eigenvalue weighted by Gasteiger charge is 2.30. The average molecular weight is 421 g/mol. The van der Waals surface area contributed by atoms with Crippen molar-refractivity contribution < 1.29 is 27.6 Å². The topological polar surface area (TPSA) is 105 Å². The summed E-state index contributed by atoms with van der Waals surface area (Å²) < 4.78 is 50.5. The first-order chi connectivity index (χ1) is 14.3. The summed E-state index contributed by atoms with van der Waals surface area (Å²) in [4.78, 5) is 13.9. The molecule has 30 heavy (non-hydrogen) atoms. The van der Waals surface area contributed by atoms with Gasteiger partial charge < -0.3 is 19.6 Å². The summed E-state index contributed by atoms with van der Waals surface area (Å²) in [5, 5.41) is 18.8. The first-order valence-electron chi connectivity index (χ1n) is 8.76. The highest BCUT2D eigenvalue weighted by atomic mass is 19.4. The number of fused-ring (bicyclic) bond motifs is 1. The molecule has 3 aromatic rings. The van der Waals surface area contributed by atoms with E-state index >= 15 is 0 Å². The third-order valence-electron chi connectivity index (χ3n) is 4.41. The summed E-state index contributed by atoms with van der Waals surface area (Å²) in [6, 6.07) is 8.13. The molecule has 0 saturated heterocycles. The van der Waals surface area contributed by atoms with Crippen molar-refractivity contribution in [1.29, 1.82) is 0 Å². The number of ether oxygens (including phenoxy) is 2. The van der Waals surface area contributed by atoms with Gasteiger partial charge in [-0.2, -0.15) is 23.4 Å². The largest absolute Gasteiger partial charge is 0.443 e. The van der Waals surface area contributed by atoms with Crippen molar-refractivity contribution in [2.75, 3.05) is 6.61 Å². The maximum absolute atomic E-state index is 12.6. The van der Waals surface area contributed by atoms with E-state index in [1.807, 2.05) is 0 Å². The minimum Gasteiger partial charge on any atom is -0.443 e. The Morgan fingerprint density at radius 2 is 1.97 bits per heavy atom. The fourth-order valence-corrected chi connectivity index (χ4v) is 2.88. The van der Waals surface area contributed by atoms with Gasteiger partial charge in [0.2, 0.25) is 0 Å². The van der Waals surface area contributed by atoms with Crippen LogP contribution in [0.1, 0.15) is 11.3 Å². The van der Waals surface area contributed by atoms with Crippen molar-refractivity contribution in [3.63, 3.8) is 0 Å². The SMILES string of the molecule is O=[N+]([O-])c1cn2c(n1)OC[C@@H](OCc1ccc(-c3ccc(C(F)(F)F)cc3)nn1)C2. The summed E-state index contributed by atoms with van der Waals surface area (Å²) in [6.07, 6.45) is -3.47. The summed E-state index contributed by atoms with van der Waals surface area (Å²) in [6.45, 7) is 0.652. The maximum atomic E-state index is 12.6. The standard InChI is InChI=1S/C18H14F3N5O4/c19-18(20,21)12-3-1-11(2-4-12)15-6-5-13(23-24-15)9-29-14-7-25-8-16(26(27)28)22-17(25)30-10-14/h1-6,8,14H,7,9-10H2/t14-/m0/s1. The zero-order valence-corrected chi connectivity index (χ0v) is 15.2. The van der Waals surface area contributed by atoms with Gasteiger partial charge in [-0.3, -0.25) is 4.57 Å². The molecule has 4 rings (SSSR count). The summed E-state index contributed by atoms with van der Waals surface area (Å²) in [5.41, 5.74) is 0.736. The Labute approximate surface area is 167 Å². The van der Waals surface area contributed by atoms with Crippen LogP contribution in [0.25, 0.3) is 11.3 Å². The second kappa shape index (κ2) is 7.71. The van der Waals surface area contributed by atoms with Gasteiger partial charge in [0.05, 0.1) is 30.1 Å². The molecule has 0 amide bonds. The van der Waals surface area contributed by atoms with Crippen molar-refractivity contribution >= 4 is 5.82 Å². The lowest BCUT2D eigenvalue weighted by molar-refractivity contribution is -0.389. The Bertz CT molecular complexity index is 1050. The third-order valence-corrected chi connectivity index (χ3v) is 4.41. The Hall–Kier alpha value is -3.54. The van der Waals surface area contributed by atoms with Crippen molar-refractivity contribution in [3.8, 4) is 17.3 Å². The molecule has 0 saturated carbocycles. The van der Waals surface area contributed by atoms with Crippen molar-refractivity contribution in [3.05, 3.63) is 64.0 Å². The van der Waals surface area contributed by atoms with Gasteiger partial charge in [0.1, 0.15) is 18.9 Å². The second-order valence-corrected chi connectivity index (χ2v) is 6.52. The van der Waals surface area contributed by atoms with Gasteiger partial charge in [-0.05, 0) is 29.2 Å². The van der Waals surface area contributed by atoms with E-state index in [0.717, 1.165) is 12.1 Å². The first-order valence-corrected chi connectivity index (χ1v) is 8.76. The number of hydrogen-bond acceptors (Lipinski definition) is 7. The minimum atomic E-state index is -4.39. The molecule has 0 unspecified atom stereocenters. The molecule has 2 aromatic heterocycles. The molecule has 0 radical (unpaired) electrons. The van der Waals surface area contributed by atoms with E-state index in [-0.39, 0.29) is 31.1 Å². The number of hydrogen-bond donors (Lipinski definition) is 0. The molecule has 3 heterocycles. The second-order valence-electron chi connectivity index (χ2n) is 6.52. The number of alkyl halides is 3. The number of nitro groups is 1. The number of rotatable bonds is 5. The van der Waals surface area contributed by atoms with E-state index in [9.17, 15) is 23.3 Å². The third kappa shape index (κ3) is 4.22. The molecular formula is C18H14F3N5O4. The zero-order chi connectivity index (χ0) is 21.3. The monoisotopic (exact) mass is 421 g/mol. The molecule has 1 atom stereocenters. The summed E-state index contributed by atoms with van der Waals surface area (Å²) in [7, 11) is 0. The molecule has 156 valence electrons. The summed E-state index contributed by atoms with van der Waals surface area (Å²) in [5.74, 6) is -0.296. The van der Waals surface area contributed by atoms with Crippen molar-refractivity contribution in [1.82, 2.24) is 19.7 Å². The normalized spacial score (nSPS) is 16.0. The molecule has 12 heteroatoms. The Balaban J connectivity index is 1.35. The molecule has 0 spiro atoms. The van der Waals surface area contributed by atoms with Crippen LogP contribution in [0.4, 0.5) is 19.0 Å². The smallest absolute Gasteiger partial charge is 0.416 e. The average Bonchev–Trinajstić information content (AvgIpc) is 3.16. The molecule has 0 N–H and O–H groups in total. The Morgan fingerprint density at radius 3 is 2.60 bits per heavy atom. The Kier molecular flexibility index (Phi) is 5.08. The predicted octanol–water partition coefficient (Wildman–Crippen LogP) is 3.24. The number of aromatic nitrogens is 4. The van der Waals surface area contributed by atoms with Gasteiger partial charge in [-0.25, -0.2) is 0 Å². The van der Waals surface area contributed by atoms with E-state index in [1.165, 1.54) is 22.9 Å². The molecule has 0 fully saturated rings. The van der Waals surface area contributed by atoms with Crippen molar-refractivity contribution in [2.45, 2.75) is 25.4 Å². The lowest BCUT2D eigenvalue weighted by Gasteiger charge is -2.22. The van der Waals surface area contributed by atoms with Gasteiger partial charge in [0, 0.05) is 10.5 Å². The van der Waals surface area contributed by atoms with E-state index in [1.54, 1.807) is 12.1 Å². The van der Waals surface area contributed by atoms with E-state index in [4.69, 9.17) is 9.47 Å². The van der Waals surface area contributed by atoms with Gasteiger partial charge in [-0.1, -0.05) is 12.1 Å². The quantitative estimate of drug-likeness (QED) is 0.460. The first kappa shape index (κ1) is 19.8. The van der Waals surface area contributed by atoms with Crippen LogP contribution in [0, 0.1) is 10.1 Å². The number of nitrogens with zero attached hydrogens (tertiary/aromatic N) is 5. The van der Waals surface area contributed by atoms with Crippen LogP contribution in [0.3, 0.4) is 0 Å². The van der Waals surface area contributed by atoms with Crippen LogP contribution in [0.2, 0.25) is 0 Å². The number of halogens is 3. The highest BCUT2D eigenvalue weighted by molar-refractivity contribution is 5.58. The van der Waals surface area contributed by atoms with E-state index in [2.05, 4.69) is 15.2 Å². The fourth-order valence-electron chi connectivity index (χ4n) is 2.88. The minimum absolute atomic E-state index is 0.125. The highest BCUT2D eigenvalue weighted by Crippen LogP contribution is 2.30. The lowest BCUT2D eigenvalue weighted by atomic mass is 10.1. The van der Waals surface area contributed by atoms with Gasteiger partial charge >= 0.3 is 18.0 Å². The molecular weight excluding hydrogens is 407 g/mol. The van der Waals surface area contributed by atoms with Crippen LogP contribution < -0.4 is 4.74 Å². The molecule has 1 aromatic carbocycles. The number of benzene rings is 1. The van der Waals surface area contributed by atoms with Crippen LogP contribution in [0.15, 0.2) is 42.6 Å². The Morgan fingerprint density at radius 1 is 1.20 bits per heavy atom. The molecule has 1 aliphatic rings. The predicted molar refractivity (Wildman–Crippen MR) is 95.4 cm³/mol. The molecule has 0 aliphatic carbocycles. The fraction of sp³-hybridized carbons (Fsp3) is 0.278. The van der Waals surface area contributed by atoms with Gasteiger partial charge in [0.15, 0.2) is 0 Å². The summed E-state index contributed by atoms with van der Waals surface area (Å²) >= 11 is 0. The van der Waals surface area contributed by atoms with Crippen LogP contribution in [-0.4, -0.2) is 37.4 Å². The van der Waals surface area contributed by atoms with Gasteiger partial charge in [0.25, 0.3) is 0 Å². The van der Waals surface area contributed by atoms with Crippen LogP contribution in [-0.2, 0) is 24.1 Å². The molecule has 0 bridgehead atoms. The van der Waals surface area contributed by atoms with Gasteiger partial charge in [-0.15, -0.1) is 0 Å². The lowest BCUT2D eigenvalue weighted by Crippen LogP contribution is -2.32. The maximum Gasteiger partial charge on any atom is 0.416 e. The molecule has 1 aliphatic heterocycles. The van der Waals surface area contributed by atoms with Crippen molar-refractivity contribution in [2.24, 2.45) is 0 Å². The molecule has 9 nitrogen and oxygen atoms in total. The van der Waals surface area contributed by atoms with E-state index in [0.29, 0.717) is 23.5 Å². The van der Waals surface area contributed by atoms with Crippen LogP contribution in [0.5, 0.6) is 6.01 Å². The van der Waals surface area contributed by atoms with E-state index < -0.39 is 16.7 Å². The zero-order valence-electron chi connectivity index (χ0n) is 15.2. The number of imidazole rings is 1. The van der Waals surface area contributed by atoms with Crippen LogP contribution >= 0.6 is 0 Å².